The standard InChI is InChI=1S/C25H38O2/c1-5-6-7-8-9-23(26)24-18(2)14-19-15-20(24)17-25(3,16-19)21-10-12-22(27-4)13-11-21/h10-13,18-20,24H,5-9,14-17H2,1-4H3. The van der Waals surface area contributed by atoms with Gasteiger partial charge in [0.15, 0.2) is 0 Å². The van der Waals surface area contributed by atoms with Gasteiger partial charge in [0.05, 0.1) is 7.11 Å². The van der Waals surface area contributed by atoms with Crippen LogP contribution in [0.1, 0.15) is 84.1 Å². The topological polar surface area (TPSA) is 26.3 Å². The maximum atomic E-state index is 13.1. The Balaban J connectivity index is 1.72. The van der Waals surface area contributed by atoms with E-state index in [0.717, 1.165) is 30.9 Å². The first kappa shape index (κ1) is 20.4. The predicted octanol–water partition coefficient (Wildman–Crippen LogP) is 6.56. The van der Waals surface area contributed by atoms with E-state index in [9.17, 15) is 4.79 Å². The minimum absolute atomic E-state index is 0.195. The van der Waals surface area contributed by atoms with Crippen molar-refractivity contribution >= 4 is 5.78 Å². The van der Waals surface area contributed by atoms with Crippen LogP contribution in [0.25, 0.3) is 0 Å². The lowest BCUT2D eigenvalue weighted by Crippen LogP contribution is -2.45. The Morgan fingerprint density at radius 1 is 1.11 bits per heavy atom. The number of carbonyl (C=O) groups excluding carboxylic acids is 1. The van der Waals surface area contributed by atoms with Crippen LogP contribution in [0.2, 0.25) is 0 Å². The molecule has 2 aliphatic rings. The van der Waals surface area contributed by atoms with E-state index in [4.69, 9.17) is 4.74 Å². The molecule has 0 amide bonds. The number of rotatable bonds is 8. The van der Waals surface area contributed by atoms with Crippen molar-refractivity contribution in [3.05, 3.63) is 29.8 Å². The molecule has 5 atom stereocenters. The van der Waals surface area contributed by atoms with Gasteiger partial charge in [0.1, 0.15) is 11.5 Å². The number of methoxy groups -OCH3 is 1. The molecule has 2 fully saturated rings. The zero-order valence-corrected chi connectivity index (χ0v) is 17.8. The molecule has 150 valence electrons. The minimum atomic E-state index is 0.195. The van der Waals surface area contributed by atoms with Crippen LogP contribution in [-0.4, -0.2) is 12.9 Å². The van der Waals surface area contributed by atoms with Gasteiger partial charge < -0.3 is 4.74 Å². The van der Waals surface area contributed by atoms with E-state index < -0.39 is 0 Å². The van der Waals surface area contributed by atoms with Crippen molar-refractivity contribution < 1.29 is 9.53 Å². The molecule has 2 heteroatoms. The number of unbranched alkanes of at least 4 members (excludes halogenated alkanes) is 3. The molecule has 1 aromatic carbocycles. The lowest BCUT2D eigenvalue weighted by atomic mass is 9.53. The Morgan fingerprint density at radius 2 is 1.85 bits per heavy atom. The number of ketones is 1. The van der Waals surface area contributed by atoms with Crippen LogP contribution < -0.4 is 4.74 Å². The summed E-state index contributed by atoms with van der Waals surface area (Å²) in [6.07, 6.45) is 10.5. The highest BCUT2D eigenvalue weighted by Gasteiger charge is 2.47. The van der Waals surface area contributed by atoms with Gasteiger partial charge in [-0.3, -0.25) is 4.79 Å². The molecule has 0 N–H and O–H groups in total. The fourth-order valence-electron chi connectivity index (χ4n) is 6.19. The summed E-state index contributed by atoms with van der Waals surface area (Å²) in [5.41, 5.74) is 1.61. The molecule has 0 aromatic heterocycles. The highest BCUT2D eigenvalue weighted by Crippen LogP contribution is 2.54. The highest BCUT2D eigenvalue weighted by atomic mass is 16.5. The summed E-state index contributed by atoms with van der Waals surface area (Å²) in [4.78, 5) is 13.1. The number of hydrogen-bond donors (Lipinski definition) is 0. The smallest absolute Gasteiger partial charge is 0.136 e. The summed E-state index contributed by atoms with van der Waals surface area (Å²) < 4.78 is 5.34. The lowest BCUT2D eigenvalue weighted by molar-refractivity contribution is -0.130. The second-order valence-electron chi connectivity index (χ2n) is 9.57. The maximum Gasteiger partial charge on any atom is 0.136 e. The van der Waals surface area contributed by atoms with E-state index >= 15 is 0 Å². The van der Waals surface area contributed by atoms with Gasteiger partial charge in [-0.2, -0.15) is 0 Å². The molecule has 0 radical (unpaired) electrons. The molecule has 0 saturated heterocycles. The van der Waals surface area contributed by atoms with Crippen LogP contribution in [0.5, 0.6) is 5.75 Å². The second-order valence-corrected chi connectivity index (χ2v) is 9.57. The fourth-order valence-corrected chi connectivity index (χ4v) is 6.19. The minimum Gasteiger partial charge on any atom is -0.497 e. The summed E-state index contributed by atoms with van der Waals surface area (Å²) >= 11 is 0. The zero-order valence-electron chi connectivity index (χ0n) is 17.8. The third-order valence-electron chi connectivity index (χ3n) is 7.35. The van der Waals surface area contributed by atoms with E-state index in [0.29, 0.717) is 23.5 Å². The molecule has 0 heterocycles. The van der Waals surface area contributed by atoms with Crippen LogP contribution in [-0.2, 0) is 10.2 Å². The van der Waals surface area contributed by atoms with E-state index in [2.05, 4.69) is 45.0 Å². The first-order chi connectivity index (χ1) is 13.0. The Kier molecular flexibility index (Phi) is 6.65. The van der Waals surface area contributed by atoms with E-state index in [-0.39, 0.29) is 5.41 Å². The van der Waals surface area contributed by atoms with Crippen LogP contribution in [0.3, 0.4) is 0 Å². The van der Waals surface area contributed by atoms with Gasteiger partial charge in [-0.25, -0.2) is 0 Å². The summed E-state index contributed by atoms with van der Waals surface area (Å²) in [5, 5.41) is 0. The quantitative estimate of drug-likeness (QED) is 0.484. The first-order valence-corrected chi connectivity index (χ1v) is 11.1. The third-order valence-corrected chi connectivity index (χ3v) is 7.35. The summed E-state index contributed by atoms with van der Waals surface area (Å²) in [6, 6.07) is 8.66. The highest BCUT2D eigenvalue weighted by molar-refractivity contribution is 5.81. The fraction of sp³-hybridized carbons (Fsp3) is 0.720. The molecule has 2 bridgehead atoms. The summed E-state index contributed by atoms with van der Waals surface area (Å²) in [7, 11) is 1.72. The third kappa shape index (κ3) is 4.58. The van der Waals surface area contributed by atoms with Crippen molar-refractivity contribution in [2.24, 2.45) is 23.7 Å². The van der Waals surface area contributed by atoms with Gasteiger partial charge in [0.25, 0.3) is 0 Å². The van der Waals surface area contributed by atoms with Crippen molar-refractivity contribution in [2.45, 2.75) is 84.0 Å². The average Bonchev–Trinajstić information content (AvgIpc) is 2.64. The molecule has 27 heavy (non-hydrogen) atoms. The zero-order chi connectivity index (χ0) is 19.4. The Hall–Kier alpha value is -1.31. The molecule has 2 nitrogen and oxygen atoms in total. The van der Waals surface area contributed by atoms with Gasteiger partial charge in [0.2, 0.25) is 0 Å². The molecule has 0 aliphatic heterocycles. The van der Waals surface area contributed by atoms with Gasteiger partial charge in [0, 0.05) is 12.3 Å². The molecule has 2 saturated carbocycles. The molecule has 2 aliphatic carbocycles. The molecule has 5 unspecified atom stereocenters. The first-order valence-electron chi connectivity index (χ1n) is 11.1. The van der Waals surface area contributed by atoms with Crippen LogP contribution in [0, 0.1) is 23.7 Å². The molecular formula is C25H38O2. The molecular weight excluding hydrogens is 332 g/mol. The van der Waals surface area contributed by atoms with E-state index in [1.807, 2.05) is 0 Å². The van der Waals surface area contributed by atoms with Crippen LogP contribution in [0.15, 0.2) is 24.3 Å². The van der Waals surface area contributed by atoms with Gasteiger partial charge >= 0.3 is 0 Å². The van der Waals surface area contributed by atoms with Gasteiger partial charge in [-0.1, -0.05) is 52.2 Å². The Morgan fingerprint density at radius 3 is 2.52 bits per heavy atom. The monoisotopic (exact) mass is 370 g/mol. The van der Waals surface area contributed by atoms with Crippen molar-refractivity contribution in [1.29, 1.82) is 0 Å². The largest absolute Gasteiger partial charge is 0.497 e. The second kappa shape index (κ2) is 8.80. The van der Waals surface area contributed by atoms with Crippen LogP contribution >= 0.6 is 0 Å². The number of Topliss-reactive ketones (excluding diaryl/α,β-unsaturated/α-hetero) is 1. The number of hydrogen-bond acceptors (Lipinski definition) is 2. The molecule has 3 rings (SSSR count). The summed E-state index contributed by atoms with van der Waals surface area (Å²) in [6.45, 7) is 6.99. The number of benzene rings is 1. The van der Waals surface area contributed by atoms with Gasteiger partial charge in [-0.15, -0.1) is 0 Å². The van der Waals surface area contributed by atoms with Crippen molar-refractivity contribution in [1.82, 2.24) is 0 Å². The van der Waals surface area contributed by atoms with E-state index in [1.165, 1.54) is 44.1 Å². The van der Waals surface area contributed by atoms with Gasteiger partial charge in [-0.05, 0) is 73.0 Å². The van der Waals surface area contributed by atoms with Crippen molar-refractivity contribution in [3.63, 3.8) is 0 Å². The Bertz CT molecular complexity index is 618. The van der Waals surface area contributed by atoms with E-state index in [1.54, 1.807) is 7.11 Å². The summed E-state index contributed by atoms with van der Waals surface area (Å²) in [5.74, 6) is 3.68. The predicted molar refractivity (Wildman–Crippen MR) is 112 cm³/mol. The Labute approximate surface area is 166 Å². The van der Waals surface area contributed by atoms with Crippen molar-refractivity contribution in [2.75, 3.05) is 7.11 Å². The lowest BCUT2D eigenvalue weighted by Gasteiger charge is -2.51. The number of fused-ring (bicyclic) bond motifs is 2. The van der Waals surface area contributed by atoms with Crippen LogP contribution in [0.4, 0.5) is 0 Å². The maximum absolute atomic E-state index is 13.1. The molecule has 0 spiro atoms. The normalized spacial score (nSPS) is 32.9. The molecule has 1 aromatic rings. The average molecular weight is 371 g/mol. The number of carbonyl (C=O) groups is 1. The van der Waals surface area contributed by atoms with Crippen molar-refractivity contribution in [3.8, 4) is 5.75 Å². The SMILES string of the molecule is CCCCCCC(=O)C1C(C)CC2CC1CC(C)(c1ccc(OC)cc1)C2. The number of ether oxygens (including phenoxy) is 1.